The predicted molar refractivity (Wildman–Crippen MR) is 111 cm³/mol. The quantitative estimate of drug-likeness (QED) is 0.684. The first kappa shape index (κ1) is 18.1. The minimum atomic E-state index is 0.117. The molecule has 0 saturated carbocycles. The van der Waals surface area contributed by atoms with E-state index in [1.807, 2.05) is 29.2 Å². The van der Waals surface area contributed by atoms with E-state index in [2.05, 4.69) is 19.8 Å². The summed E-state index contributed by atoms with van der Waals surface area (Å²) in [5.41, 5.74) is 2.48. The van der Waals surface area contributed by atoms with E-state index in [1.54, 1.807) is 24.5 Å². The molecule has 0 bridgehead atoms. The molecule has 0 radical (unpaired) electrons. The number of aromatic nitrogens is 2. The van der Waals surface area contributed by atoms with E-state index in [4.69, 9.17) is 4.42 Å². The van der Waals surface area contributed by atoms with Crippen molar-refractivity contribution in [1.29, 1.82) is 0 Å². The zero-order chi connectivity index (χ0) is 19.6. The van der Waals surface area contributed by atoms with Crippen LogP contribution in [0.3, 0.4) is 0 Å². The number of carbonyl (C=O) groups is 1. The molecule has 4 heterocycles. The first-order chi connectivity index (χ1) is 14.3. The number of fused-ring (bicyclic) bond motifs is 1. The van der Waals surface area contributed by atoms with Crippen molar-refractivity contribution in [3.63, 3.8) is 0 Å². The minimum Gasteiger partial charge on any atom is -0.423 e. The van der Waals surface area contributed by atoms with Crippen LogP contribution in [0.2, 0.25) is 0 Å². The number of piperazine rings is 1. The summed E-state index contributed by atoms with van der Waals surface area (Å²) in [5, 5.41) is 0. The van der Waals surface area contributed by atoms with Crippen molar-refractivity contribution in [3.8, 4) is 0 Å². The molecule has 2 aliphatic heterocycles. The topological polar surface area (TPSA) is 65.7 Å². The second-order valence-corrected chi connectivity index (χ2v) is 7.75. The van der Waals surface area contributed by atoms with E-state index in [-0.39, 0.29) is 5.91 Å². The molecule has 2 saturated heterocycles. The van der Waals surface area contributed by atoms with Gasteiger partial charge in [0.15, 0.2) is 5.58 Å². The van der Waals surface area contributed by atoms with Crippen LogP contribution >= 0.6 is 0 Å². The molecular formula is C22H25N5O2. The van der Waals surface area contributed by atoms with Gasteiger partial charge < -0.3 is 14.2 Å². The van der Waals surface area contributed by atoms with Crippen LogP contribution in [0.25, 0.3) is 11.1 Å². The SMILES string of the molecule is O=C(c1ccncc1)N1CCC(N2CCN(c3nc4ccccc4o3)CC2)CC1. The fourth-order valence-electron chi connectivity index (χ4n) is 4.38. The summed E-state index contributed by atoms with van der Waals surface area (Å²) in [6.07, 6.45) is 5.41. The normalized spacial score (nSPS) is 19.0. The molecule has 7 nitrogen and oxygen atoms in total. The number of piperidine rings is 1. The van der Waals surface area contributed by atoms with Gasteiger partial charge in [-0.25, -0.2) is 0 Å². The van der Waals surface area contributed by atoms with E-state index in [0.29, 0.717) is 6.04 Å². The summed E-state index contributed by atoms with van der Waals surface area (Å²) in [4.78, 5) is 28.0. The van der Waals surface area contributed by atoms with Crippen molar-refractivity contribution in [2.45, 2.75) is 18.9 Å². The molecule has 0 atom stereocenters. The molecule has 2 aliphatic rings. The van der Waals surface area contributed by atoms with E-state index >= 15 is 0 Å². The molecule has 2 aromatic heterocycles. The van der Waals surface area contributed by atoms with Gasteiger partial charge in [0.25, 0.3) is 11.9 Å². The lowest BCUT2D eigenvalue weighted by molar-refractivity contribution is 0.0609. The number of amides is 1. The Morgan fingerprint density at radius 3 is 2.38 bits per heavy atom. The van der Waals surface area contributed by atoms with Gasteiger partial charge >= 0.3 is 0 Å². The molecule has 2 fully saturated rings. The zero-order valence-corrected chi connectivity index (χ0v) is 16.4. The lowest BCUT2D eigenvalue weighted by Gasteiger charge is -2.42. The van der Waals surface area contributed by atoms with Crippen LogP contribution in [0.15, 0.2) is 53.2 Å². The van der Waals surface area contributed by atoms with E-state index in [9.17, 15) is 4.79 Å². The van der Waals surface area contributed by atoms with Gasteiger partial charge in [0.2, 0.25) is 0 Å². The van der Waals surface area contributed by atoms with Crippen LogP contribution in [0.4, 0.5) is 6.01 Å². The van der Waals surface area contributed by atoms with Crippen LogP contribution in [0.5, 0.6) is 0 Å². The number of carbonyl (C=O) groups excluding carboxylic acids is 1. The van der Waals surface area contributed by atoms with Crippen molar-refractivity contribution >= 4 is 23.0 Å². The van der Waals surface area contributed by atoms with Crippen molar-refractivity contribution in [2.24, 2.45) is 0 Å². The van der Waals surface area contributed by atoms with Gasteiger partial charge in [0.05, 0.1) is 0 Å². The van der Waals surface area contributed by atoms with Crippen molar-refractivity contribution in [3.05, 3.63) is 54.4 Å². The monoisotopic (exact) mass is 391 g/mol. The number of anilines is 1. The first-order valence-corrected chi connectivity index (χ1v) is 10.3. The molecule has 7 heteroatoms. The summed E-state index contributed by atoms with van der Waals surface area (Å²) >= 11 is 0. The Bertz CT molecular complexity index is 940. The summed E-state index contributed by atoms with van der Waals surface area (Å²) in [6, 6.07) is 12.8. The second kappa shape index (κ2) is 7.83. The minimum absolute atomic E-state index is 0.117. The van der Waals surface area contributed by atoms with Crippen LogP contribution in [0, 0.1) is 0 Å². The molecule has 1 amide bonds. The molecule has 1 aromatic carbocycles. The highest BCUT2D eigenvalue weighted by Gasteiger charge is 2.30. The predicted octanol–water partition coefficient (Wildman–Crippen LogP) is 2.65. The Kier molecular flexibility index (Phi) is 4.89. The lowest BCUT2D eigenvalue weighted by atomic mass is 10.0. The Labute approximate surface area is 169 Å². The van der Waals surface area contributed by atoms with Gasteiger partial charge in [0.1, 0.15) is 5.52 Å². The standard InChI is InChI=1S/C22H25N5O2/c28-21(17-5-9-23-10-6-17)26-11-7-18(8-12-26)25-13-15-27(16-14-25)22-24-19-3-1-2-4-20(19)29-22/h1-6,9-10,18H,7-8,11-16H2. The van der Waals surface area contributed by atoms with Crippen LogP contribution in [-0.4, -0.2) is 71.0 Å². The molecule has 5 rings (SSSR count). The third kappa shape index (κ3) is 3.70. The van der Waals surface area contributed by atoms with Gasteiger partial charge in [-0.2, -0.15) is 4.98 Å². The molecule has 29 heavy (non-hydrogen) atoms. The summed E-state index contributed by atoms with van der Waals surface area (Å²) in [5.74, 6) is 0.117. The maximum atomic E-state index is 12.6. The Balaban J connectivity index is 1.15. The number of rotatable bonds is 3. The Morgan fingerprint density at radius 2 is 1.66 bits per heavy atom. The third-order valence-corrected chi connectivity index (χ3v) is 6.06. The van der Waals surface area contributed by atoms with Gasteiger partial charge in [-0.1, -0.05) is 12.1 Å². The first-order valence-electron chi connectivity index (χ1n) is 10.3. The summed E-state index contributed by atoms with van der Waals surface area (Å²) in [7, 11) is 0. The second-order valence-electron chi connectivity index (χ2n) is 7.75. The largest absolute Gasteiger partial charge is 0.423 e. The molecule has 0 N–H and O–H groups in total. The number of likely N-dealkylation sites (tertiary alicyclic amines) is 1. The number of oxazole rings is 1. The number of para-hydroxylation sites is 2. The molecule has 0 aliphatic carbocycles. The van der Waals surface area contributed by atoms with Crippen molar-refractivity contribution < 1.29 is 9.21 Å². The van der Waals surface area contributed by atoms with Crippen LogP contribution < -0.4 is 4.90 Å². The Morgan fingerprint density at radius 1 is 0.931 bits per heavy atom. The number of hydrogen-bond acceptors (Lipinski definition) is 6. The average Bonchev–Trinajstić information content (AvgIpc) is 3.24. The van der Waals surface area contributed by atoms with Crippen LogP contribution in [-0.2, 0) is 0 Å². The van der Waals surface area contributed by atoms with Crippen molar-refractivity contribution in [1.82, 2.24) is 19.8 Å². The number of nitrogens with zero attached hydrogens (tertiary/aromatic N) is 5. The maximum Gasteiger partial charge on any atom is 0.298 e. The lowest BCUT2D eigenvalue weighted by Crippen LogP contribution is -2.53. The van der Waals surface area contributed by atoms with E-state index in [1.165, 1.54) is 0 Å². The summed E-state index contributed by atoms with van der Waals surface area (Å²) < 4.78 is 5.92. The molecular weight excluding hydrogens is 366 g/mol. The highest BCUT2D eigenvalue weighted by molar-refractivity contribution is 5.94. The van der Waals surface area contributed by atoms with Crippen molar-refractivity contribution in [2.75, 3.05) is 44.2 Å². The number of benzene rings is 1. The fourth-order valence-corrected chi connectivity index (χ4v) is 4.38. The number of pyridine rings is 1. The molecule has 150 valence electrons. The number of hydrogen-bond donors (Lipinski definition) is 0. The van der Waals surface area contributed by atoms with E-state index < -0.39 is 0 Å². The zero-order valence-electron chi connectivity index (χ0n) is 16.4. The fraction of sp³-hybridized carbons (Fsp3) is 0.409. The third-order valence-electron chi connectivity index (χ3n) is 6.06. The molecule has 0 unspecified atom stereocenters. The smallest absolute Gasteiger partial charge is 0.298 e. The maximum absolute atomic E-state index is 12.6. The van der Waals surface area contributed by atoms with Gasteiger partial charge in [-0.15, -0.1) is 0 Å². The van der Waals surface area contributed by atoms with Gasteiger partial charge in [0, 0.05) is 63.3 Å². The highest BCUT2D eigenvalue weighted by Crippen LogP contribution is 2.25. The van der Waals surface area contributed by atoms with Gasteiger partial charge in [-0.3, -0.25) is 14.7 Å². The van der Waals surface area contributed by atoms with Gasteiger partial charge in [-0.05, 0) is 37.1 Å². The molecule has 3 aromatic rings. The average molecular weight is 391 g/mol. The summed E-state index contributed by atoms with van der Waals surface area (Å²) in [6.45, 7) is 5.48. The Hall–Kier alpha value is -2.93. The highest BCUT2D eigenvalue weighted by atomic mass is 16.4. The van der Waals surface area contributed by atoms with Crippen LogP contribution in [0.1, 0.15) is 23.2 Å². The van der Waals surface area contributed by atoms with E-state index in [0.717, 1.165) is 74.8 Å². The molecule has 0 spiro atoms.